The van der Waals surface area contributed by atoms with Crippen molar-refractivity contribution in [3.05, 3.63) is 29.8 Å². The third-order valence-corrected chi connectivity index (χ3v) is 3.99. The summed E-state index contributed by atoms with van der Waals surface area (Å²) in [6, 6.07) is 8.32. The predicted octanol–water partition coefficient (Wildman–Crippen LogP) is 2.30. The van der Waals surface area contributed by atoms with E-state index in [-0.39, 0.29) is 17.8 Å². The molecule has 0 bridgehead atoms. The van der Waals surface area contributed by atoms with E-state index in [1.165, 1.54) is 12.0 Å². The summed E-state index contributed by atoms with van der Waals surface area (Å²) in [6.45, 7) is 7.43. The molecule has 1 fully saturated rings. The van der Waals surface area contributed by atoms with E-state index in [9.17, 15) is 0 Å². The van der Waals surface area contributed by atoms with Gasteiger partial charge in [-0.3, -0.25) is 4.90 Å². The van der Waals surface area contributed by atoms with E-state index in [0.717, 1.165) is 31.9 Å². The SMILES string of the molecule is COCCOc1cccc(CN2CCC(C)(CN)C2)c1.Cl. The van der Waals surface area contributed by atoms with Crippen LogP contribution in [0.4, 0.5) is 0 Å². The lowest BCUT2D eigenvalue weighted by Crippen LogP contribution is -2.31. The number of methoxy groups -OCH3 is 1. The topological polar surface area (TPSA) is 47.7 Å². The van der Waals surface area contributed by atoms with Crippen LogP contribution in [0.2, 0.25) is 0 Å². The van der Waals surface area contributed by atoms with Crippen LogP contribution in [0.15, 0.2) is 24.3 Å². The lowest BCUT2D eigenvalue weighted by atomic mass is 9.90. The van der Waals surface area contributed by atoms with Crippen LogP contribution in [-0.2, 0) is 11.3 Å². The molecule has 1 aromatic carbocycles. The molecule has 1 unspecified atom stereocenters. The van der Waals surface area contributed by atoms with Gasteiger partial charge in [0.15, 0.2) is 0 Å². The number of halogens is 1. The summed E-state index contributed by atoms with van der Waals surface area (Å²) in [5.74, 6) is 0.917. The monoisotopic (exact) mass is 314 g/mol. The van der Waals surface area contributed by atoms with Gasteiger partial charge in [0.1, 0.15) is 12.4 Å². The Morgan fingerprint density at radius 3 is 2.81 bits per heavy atom. The lowest BCUT2D eigenvalue weighted by molar-refractivity contribution is 0.146. The molecule has 0 aromatic heterocycles. The van der Waals surface area contributed by atoms with Crippen molar-refractivity contribution in [1.29, 1.82) is 0 Å². The van der Waals surface area contributed by atoms with Gasteiger partial charge in [0, 0.05) is 20.2 Å². The number of likely N-dealkylation sites (tertiary alicyclic amines) is 1. The zero-order valence-corrected chi connectivity index (χ0v) is 13.8. The minimum atomic E-state index is 0. The van der Waals surface area contributed by atoms with Crippen LogP contribution in [0.5, 0.6) is 5.75 Å². The maximum Gasteiger partial charge on any atom is 0.119 e. The summed E-state index contributed by atoms with van der Waals surface area (Å²) in [5.41, 5.74) is 7.43. The van der Waals surface area contributed by atoms with Gasteiger partial charge in [0.05, 0.1) is 6.61 Å². The second-order valence-corrected chi connectivity index (χ2v) is 5.96. The molecule has 4 nitrogen and oxygen atoms in total. The molecule has 2 rings (SSSR count). The van der Waals surface area contributed by atoms with Gasteiger partial charge >= 0.3 is 0 Å². The minimum absolute atomic E-state index is 0. The van der Waals surface area contributed by atoms with Gasteiger partial charge in [-0.2, -0.15) is 0 Å². The van der Waals surface area contributed by atoms with Gasteiger partial charge in [-0.1, -0.05) is 19.1 Å². The van der Waals surface area contributed by atoms with Crippen molar-refractivity contribution < 1.29 is 9.47 Å². The molecule has 1 atom stereocenters. The fourth-order valence-corrected chi connectivity index (χ4v) is 2.66. The van der Waals surface area contributed by atoms with Crippen molar-refractivity contribution in [3.8, 4) is 5.75 Å². The quantitative estimate of drug-likeness (QED) is 0.785. The van der Waals surface area contributed by atoms with Crippen molar-refractivity contribution in [2.45, 2.75) is 19.9 Å². The molecule has 1 heterocycles. The summed E-state index contributed by atoms with van der Waals surface area (Å²) in [7, 11) is 1.68. The zero-order chi connectivity index (χ0) is 14.4. The smallest absolute Gasteiger partial charge is 0.119 e. The number of hydrogen-bond acceptors (Lipinski definition) is 4. The maximum absolute atomic E-state index is 5.86. The highest BCUT2D eigenvalue weighted by molar-refractivity contribution is 5.85. The fraction of sp³-hybridized carbons (Fsp3) is 0.625. The van der Waals surface area contributed by atoms with E-state index in [1.54, 1.807) is 7.11 Å². The van der Waals surface area contributed by atoms with Crippen molar-refractivity contribution in [2.75, 3.05) is 40.0 Å². The first-order valence-corrected chi connectivity index (χ1v) is 7.28. The average Bonchev–Trinajstić information content (AvgIpc) is 2.82. The van der Waals surface area contributed by atoms with Crippen molar-refractivity contribution in [2.24, 2.45) is 11.1 Å². The molecule has 1 aliphatic rings. The van der Waals surface area contributed by atoms with Crippen LogP contribution < -0.4 is 10.5 Å². The first-order chi connectivity index (χ1) is 9.65. The van der Waals surface area contributed by atoms with E-state index in [4.69, 9.17) is 15.2 Å². The Bertz CT molecular complexity index is 430. The number of rotatable bonds is 7. The van der Waals surface area contributed by atoms with Crippen LogP contribution in [0.1, 0.15) is 18.9 Å². The first kappa shape index (κ1) is 18.2. The number of ether oxygens (including phenoxy) is 2. The molecule has 0 amide bonds. The second kappa shape index (κ2) is 8.59. The Hall–Kier alpha value is -0.810. The van der Waals surface area contributed by atoms with Crippen molar-refractivity contribution >= 4 is 12.4 Å². The molecule has 0 radical (unpaired) electrons. The number of hydrogen-bond donors (Lipinski definition) is 1. The van der Waals surface area contributed by atoms with Crippen LogP contribution in [0.3, 0.4) is 0 Å². The van der Waals surface area contributed by atoms with Gasteiger partial charge in [-0.05, 0) is 42.6 Å². The lowest BCUT2D eigenvalue weighted by Gasteiger charge is -2.22. The molecule has 2 N–H and O–H groups in total. The second-order valence-electron chi connectivity index (χ2n) is 5.96. The Balaban J connectivity index is 0.00000220. The van der Waals surface area contributed by atoms with Gasteiger partial charge in [-0.15, -0.1) is 12.4 Å². The highest BCUT2D eigenvalue weighted by Gasteiger charge is 2.32. The minimum Gasteiger partial charge on any atom is -0.491 e. The summed E-state index contributed by atoms with van der Waals surface area (Å²) >= 11 is 0. The molecule has 1 aliphatic heterocycles. The standard InChI is InChI=1S/C16H26N2O2.ClH/c1-16(12-17)6-7-18(13-16)11-14-4-3-5-15(10-14)20-9-8-19-2;/h3-5,10H,6-9,11-13,17H2,1-2H3;1H. The molecule has 0 aliphatic carbocycles. The van der Waals surface area contributed by atoms with Crippen LogP contribution >= 0.6 is 12.4 Å². The third kappa shape index (κ3) is 5.47. The molecule has 21 heavy (non-hydrogen) atoms. The predicted molar refractivity (Wildman–Crippen MR) is 88.1 cm³/mol. The number of nitrogens with two attached hydrogens (primary N) is 1. The molecular formula is C16H27ClN2O2. The van der Waals surface area contributed by atoms with Crippen LogP contribution in [-0.4, -0.2) is 44.9 Å². The third-order valence-electron chi connectivity index (χ3n) is 3.99. The van der Waals surface area contributed by atoms with E-state index in [2.05, 4.69) is 30.0 Å². The number of nitrogens with zero attached hydrogens (tertiary/aromatic N) is 1. The van der Waals surface area contributed by atoms with Crippen LogP contribution in [0, 0.1) is 5.41 Å². The van der Waals surface area contributed by atoms with Crippen LogP contribution in [0.25, 0.3) is 0 Å². The molecule has 0 spiro atoms. The Morgan fingerprint density at radius 1 is 1.33 bits per heavy atom. The summed E-state index contributed by atoms with van der Waals surface area (Å²) in [6.07, 6.45) is 1.19. The number of benzene rings is 1. The maximum atomic E-state index is 5.86. The van der Waals surface area contributed by atoms with Gasteiger partial charge < -0.3 is 15.2 Å². The summed E-state index contributed by atoms with van der Waals surface area (Å²) < 4.78 is 10.6. The van der Waals surface area contributed by atoms with Gasteiger partial charge in [-0.25, -0.2) is 0 Å². The highest BCUT2D eigenvalue weighted by Crippen LogP contribution is 2.29. The van der Waals surface area contributed by atoms with E-state index < -0.39 is 0 Å². The largest absolute Gasteiger partial charge is 0.491 e. The molecule has 1 saturated heterocycles. The summed E-state index contributed by atoms with van der Waals surface area (Å²) in [5, 5.41) is 0. The molecule has 5 heteroatoms. The van der Waals surface area contributed by atoms with Gasteiger partial charge in [0.25, 0.3) is 0 Å². The average molecular weight is 315 g/mol. The summed E-state index contributed by atoms with van der Waals surface area (Å²) in [4.78, 5) is 2.47. The molecule has 1 aromatic rings. The molecular weight excluding hydrogens is 288 g/mol. The van der Waals surface area contributed by atoms with Gasteiger partial charge in [0.2, 0.25) is 0 Å². The molecule has 0 saturated carbocycles. The zero-order valence-electron chi connectivity index (χ0n) is 13.0. The first-order valence-electron chi connectivity index (χ1n) is 7.28. The Kier molecular flexibility index (Phi) is 7.46. The Morgan fingerprint density at radius 2 is 2.14 bits per heavy atom. The van der Waals surface area contributed by atoms with E-state index in [0.29, 0.717) is 13.2 Å². The fourth-order valence-electron chi connectivity index (χ4n) is 2.66. The highest BCUT2D eigenvalue weighted by atomic mass is 35.5. The normalized spacial score (nSPS) is 22.0. The van der Waals surface area contributed by atoms with E-state index >= 15 is 0 Å². The Labute approximate surface area is 134 Å². The molecule has 120 valence electrons. The van der Waals surface area contributed by atoms with Crippen molar-refractivity contribution in [3.63, 3.8) is 0 Å². The van der Waals surface area contributed by atoms with E-state index in [1.807, 2.05) is 6.07 Å². The van der Waals surface area contributed by atoms with Crippen molar-refractivity contribution in [1.82, 2.24) is 4.90 Å².